The van der Waals surface area contributed by atoms with Crippen molar-refractivity contribution in [2.75, 3.05) is 19.3 Å². The van der Waals surface area contributed by atoms with Gasteiger partial charge in [0.2, 0.25) is 0 Å². The Morgan fingerprint density at radius 2 is 2.14 bits per heavy atom. The maximum Gasteiger partial charge on any atom is 0.274 e. The second-order valence-corrected chi connectivity index (χ2v) is 8.12. The highest BCUT2D eigenvalue weighted by Gasteiger charge is 2.16. The largest absolute Gasteiger partial charge is 0.290 e. The second-order valence-electron chi connectivity index (χ2n) is 5.66. The number of hydroxylamine groups is 1. The van der Waals surface area contributed by atoms with Crippen LogP contribution in [0.3, 0.4) is 0 Å². The minimum Gasteiger partial charge on any atom is -0.290 e. The molecule has 0 unspecified atom stereocenters. The van der Waals surface area contributed by atoms with Crippen molar-refractivity contribution in [1.29, 1.82) is 0 Å². The lowest BCUT2D eigenvalue weighted by Crippen LogP contribution is -2.31. The van der Waals surface area contributed by atoms with E-state index in [2.05, 4.69) is 24.7 Å². The first kappa shape index (κ1) is 22.2. The van der Waals surface area contributed by atoms with Crippen LogP contribution in [0.15, 0.2) is 32.8 Å². The van der Waals surface area contributed by atoms with E-state index in [4.69, 9.17) is 10.3 Å². The molecule has 1 aromatic carbocycles. The van der Waals surface area contributed by atoms with Gasteiger partial charge in [-0.1, -0.05) is 6.07 Å². The quantitative estimate of drug-likeness (QED) is 0.163. The monoisotopic (exact) mass is 432 g/mol. The molecule has 28 heavy (non-hydrogen) atoms. The first-order valence-electron chi connectivity index (χ1n) is 8.21. The third kappa shape index (κ3) is 6.83. The summed E-state index contributed by atoms with van der Waals surface area (Å²) in [7, 11) is -2.19. The topological polar surface area (TPSA) is 156 Å². The predicted molar refractivity (Wildman–Crippen MR) is 102 cm³/mol. The van der Waals surface area contributed by atoms with Crippen molar-refractivity contribution in [3.8, 4) is 0 Å². The summed E-state index contributed by atoms with van der Waals surface area (Å²) in [4.78, 5) is 3.76. The van der Waals surface area contributed by atoms with E-state index in [1.807, 2.05) is 11.5 Å². The van der Waals surface area contributed by atoms with Gasteiger partial charge in [-0.15, -0.1) is 11.8 Å². The molecule has 0 bridgehead atoms. The van der Waals surface area contributed by atoms with Crippen LogP contribution in [0, 0.1) is 5.82 Å². The van der Waals surface area contributed by atoms with Crippen molar-refractivity contribution in [2.24, 2.45) is 10.1 Å². The van der Waals surface area contributed by atoms with Gasteiger partial charge in [-0.05, 0) is 52.8 Å². The molecule has 154 valence electrons. The van der Waals surface area contributed by atoms with Gasteiger partial charge >= 0.3 is 0 Å². The van der Waals surface area contributed by atoms with E-state index in [0.29, 0.717) is 17.2 Å². The van der Waals surface area contributed by atoms with Crippen LogP contribution in [0.4, 0.5) is 4.39 Å². The van der Waals surface area contributed by atoms with Crippen molar-refractivity contribution in [2.45, 2.75) is 24.3 Å². The van der Waals surface area contributed by atoms with Crippen LogP contribution in [-0.2, 0) is 23.1 Å². The van der Waals surface area contributed by atoms with E-state index >= 15 is 0 Å². The van der Waals surface area contributed by atoms with Crippen LogP contribution >= 0.6 is 11.8 Å². The molecule has 0 fully saturated rings. The zero-order valence-corrected chi connectivity index (χ0v) is 16.7. The molecule has 0 saturated carbocycles. The molecule has 1 aromatic heterocycles. The fraction of sp³-hybridized carbons (Fsp3) is 0.400. The molecule has 0 amide bonds. The van der Waals surface area contributed by atoms with Gasteiger partial charge in [-0.3, -0.25) is 15.7 Å². The Labute approximate surface area is 165 Å². The SMILES string of the molecule is CN=C(NO)c1nonc1SCCCNS(N)(=O)=O.Fc1ccc2c(c1)CC2. The lowest BCUT2D eigenvalue weighted by molar-refractivity contribution is 0.233. The third-order valence-corrected chi connectivity index (χ3v) is 5.35. The van der Waals surface area contributed by atoms with Gasteiger partial charge in [-0.25, -0.2) is 18.9 Å². The van der Waals surface area contributed by atoms with E-state index in [1.165, 1.54) is 36.0 Å². The lowest BCUT2D eigenvalue weighted by atomic mass is 9.89. The molecule has 1 heterocycles. The highest BCUT2D eigenvalue weighted by atomic mass is 32.2. The fourth-order valence-corrected chi connectivity index (χ4v) is 3.52. The summed E-state index contributed by atoms with van der Waals surface area (Å²) in [6.07, 6.45) is 2.74. The molecule has 2 aromatic rings. The van der Waals surface area contributed by atoms with E-state index in [0.717, 1.165) is 12.8 Å². The van der Waals surface area contributed by atoms with Crippen LogP contribution in [0.25, 0.3) is 0 Å². The number of aromatic nitrogens is 2. The van der Waals surface area contributed by atoms with Gasteiger partial charge in [0, 0.05) is 19.3 Å². The molecule has 5 N–H and O–H groups in total. The fourth-order valence-electron chi connectivity index (χ4n) is 2.25. The number of halogens is 1. The number of hydrogen-bond donors (Lipinski definition) is 4. The number of thioether (sulfide) groups is 1. The first-order chi connectivity index (χ1) is 13.3. The molecule has 0 radical (unpaired) electrons. The van der Waals surface area contributed by atoms with Crippen molar-refractivity contribution in [3.05, 3.63) is 40.8 Å². The summed E-state index contributed by atoms with van der Waals surface area (Å²) < 4.78 is 40.3. The Morgan fingerprint density at radius 3 is 2.68 bits per heavy atom. The Kier molecular flexibility index (Phi) is 8.32. The predicted octanol–water partition coefficient (Wildman–Crippen LogP) is 0.624. The number of nitrogens with one attached hydrogen (secondary N) is 2. The number of rotatable bonds is 7. The van der Waals surface area contributed by atoms with Crippen molar-refractivity contribution in [1.82, 2.24) is 20.5 Å². The zero-order valence-electron chi connectivity index (χ0n) is 15.1. The van der Waals surface area contributed by atoms with E-state index in [9.17, 15) is 12.8 Å². The molecule has 0 aliphatic heterocycles. The number of hydrogen-bond acceptors (Lipinski definition) is 8. The lowest BCUT2D eigenvalue weighted by Gasteiger charge is -2.17. The van der Waals surface area contributed by atoms with Crippen LogP contribution < -0.4 is 15.3 Å². The van der Waals surface area contributed by atoms with Crippen LogP contribution in [0.2, 0.25) is 0 Å². The number of nitrogens with two attached hydrogens (primary N) is 1. The molecular weight excluding hydrogens is 411 g/mol. The minimum atomic E-state index is -3.66. The molecule has 1 aliphatic carbocycles. The molecule has 10 nitrogen and oxygen atoms in total. The smallest absolute Gasteiger partial charge is 0.274 e. The molecule has 13 heteroatoms. The summed E-state index contributed by atoms with van der Waals surface area (Å²) in [5.41, 5.74) is 4.67. The number of fused-ring (bicyclic) bond motifs is 1. The van der Waals surface area contributed by atoms with Crippen molar-refractivity contribution in [3.63, 3.8) is 0 Å². The standard InChI is InChI=1S/C8H7F.C7H14N6O4S2/c9-8-4-3-6-1-2-7(6)5-8;1-9-6(11-14)5-7(13-17-12-5)18-4-2-3-10-19(8,15)16/h3-5H,1-2H2;10,14H,2-4H2,1H3,(H,9,11)(H2,8,15,16). The van der Waals surface area contributed by atoms with Gasteiger partial charge in [0.05, 0.1) is 0 Å². The molecular formula is C15H21FN6O4S2. The van der Waals surface area contributed by atoms with Gasteiger partial charge in [0.15, 0.2) is 16.6 Å². The summed E-state index contributed by atoms with van der Waals surface area (Å²) in [6, 6.07) is 5.02. The highest BCUT2D eigenvalue weighted by molar-refractivity contribution is 7.99. The van der Waals surface area contributed by atoms with Gasteiger partial charge in [0.25, 0.3) is 10.2 Å². The van der Waals surface area contributed by atoms with E-state index in [-0.39, 0.29) is 23.9 Å². The number of aryl methyl sites for hydroxylation is 2. The summed E-state index contributed by atoms with van der Waals surface area (Å²) >= 11 is 1.29. The van der Waals surface area contributed by atoms with Crippen LogP contribution in [0.5, 0.6) is 0 Å². The first-order valence-corrected chi connectivity index (χ1v) is 10.7. The van der Waals surface area contributed by atoms with E-state index in [1.54, 1.807) is 6.07 Å². The van der Waals surface area contributed by atoms with Crippen LogP contribution in [-0.4, -0.2) is 49.1 Å². The molecule has 1 aliphatic rings. The third-order valence-electron chi connectivity index (χ3n) is 3.71. The highest BCUT2D eigenvalue weighted by Crippen LogP contribution is 2.22. The van der Waals surface area contributed by atoms with Gasteiger partial charge in [0.1, 0.15) is 5.82 Å². The number of aliphatic imine (C=N–C) groups is 1. The Balaban J connectivity index is 0.000000255. The summed E-state index contributed by atoms with van der Waals surface area (Å²) in [6.45, 7) is 0.222. The number of benzene rings is 1. The average molecular weight is 433 g/mol. The summed E-state index contributed by atoms with van der Waals surface area (Å²) in [5, 5.41) is 21.3. The Hall–Kier alpha value is -2.06. The minimum absolute atomic E-state index is 0.103. The molecule has 0 spiro atoms. The van der Waals surface area contributed by atoms with E-state index < -0.39 is 10.2 Å². The van der Waals surface area contributed by atoms with Crippen molar-refractivity contribution < 1.29 is 22.6 Å². The molecule has 0 saturated heterocycles. The van der Waals surface area contributed by atoms with Gasteiger partial charge in [-0.2, -0.15) is 8.42 Å². The normalized spacial score (nSPS) is 13.2. The molecule has 0 atom stereocenters. The van der Waals surface area contributed by atoms with Crippen LogP contribution in [0.1, 0.15) is 23.2 Å². The van der Waals surface area contributed by atoms with Crippen molar-refractivity contribution >= 4 is 27.8 Å². The number of nitrogens with zero attached hydrogens (tertiary/aromatic N) is 3. The average Bonchev–Trinajstić information content (AvgIpc) is 3.07. The second kappa shape index (κ2) is 10.5. The summed E-state index contributed by atoms with van der Waals surface area (Å²) in [5.74, 6) is 0.589. The number of amidine groups is 1. The zero-order chi connectivity index (χ0) is 20.6. The maximum atomic E-state index is 12.4. The maximum absolute atomic E-state index is 12.4. The Bertz CT molecular complexity index is 919. The molecule has 3 rings (SSSR count). The Morgan fingerprint density at radius 1 is 1.39 bits per heavy atom. The van der Waals surface area contributed by atoms with Gasteiger partial charge < -0.3 is 0 Å².